The number of carbonyl (C=O) groups excluding carboxylic acids is 2. The first-order valence-electron chi connectivity index (χ1n) is 9.50. The zero-order valence-corrected chi connectivity index (χ0v) is 18.3. The molecule has 0 spiro atoms. The lowest BCUT2D eigenvalue weighted by Crippen LogP contribution is -2.54. The summed E-state index contributed by atoms with van der Waals surface area (Å²) in [5, 5.41) is 12.3. The van der Waals surface area contributed by atoms with Gasteiger partial charge in [-0.3, -0.25) is 4.79 Å². The third-order valence-corrected chi connectivity index (χ3v) is 6.30. The normalized spacial score (nSPS) is 19.7. The number of esters is 1. The van der Waals surface area contributed by atoms with Gasteiger partial charge in [0, 0.05) is 5.54 Å². The highest BCUT2D eigenvalue weighted by Gasteiger charge is 2.45. The number of nitrogens with zero attached hydrogens (tertiary/aromatic N) is 3. The van der Waals surface area contributed by atoms with E-state index in [1.165, 1.54) is 0 Å². The van der Waals surface area contributed by atoms with Crippen LogP contribution in [0.4, 0.5) is 0 Å². The molecule has 1 amide bonds. The Kier molecular flexibility index (Phi) is 5.18. The fourth-order valence-corrected chi connectivity index (χ4v) is 4.59. The van der Waals surface area contributed by atoms with Crippen molar-refractivity contribution in [3.05, 3.63) is 41.6 Å². The Bertz CT molecular complexity index is 881. The van der Waals surface area contributed by atoms with Crippen molar-refractivity contribution in [3.63, 3.8) is 0 Å². The van der Waals surface area contributed by atoms with Gasteiger partial charge in [0.25, 0.3) is 5.91 Å². The molecule has 0 radical (unpaired) electrons. The van der Waals surface area contributed by atoms with Crippen molar-refractivity contribution in [2.45, 2.75) is 64.5 Å². The molecule has 0 aliphatic carbocycles. The van der Waals surface area contributed by atoms with E-state index in [9.17, 15) is 9.59 Å². The molecule has 7 nitrogen and oxygen atoms in total. The summed E-state index contributed by atoms with van der Waals surface area (Å²) in [6, 6.07) is 9.37. The highest BCUT2D eigenvalue weighted by Crippen LogP contribution is 2.28. The number of rotatable bonds is 4. The Labute approximate surface area is 166 Å². The second-order valence-corrected chi connectivity index (χ2v) is 14.3. The minimum atomic E-state index is -1.91. The molecule has 1 aromatic heterocycles. The molecule has 2 atom stereocenters. The first-order valence-corrected chi connectivity index (χ1v) is 13.0. The van der Waals surface area contributed by atoms with Gasteiger partial charge in [0.05, 0.1) is 5.32 Å². The summed E-state index contributed by atoms with van der Waals surface area (Å²) >= 11 is 0. The van der Waals surface area contributed by atoms with Gasteiger partial charge in [0.15, 0.2) is 5.69 Å². The molecular weight excluding hydrogens is 372 g/mol. The van der Waals surface area contributed by atoms with E-state index in [-0.39, 0.29) is 5.91 Å². The van der Waals surface area contributed by atoms with Crippen LogP contribution in [0.3, 0.4) is 0 Å². The smallest absolute Gasteiger partial charge is 0.359 e. The monoisotopic (exact) mass is 400 g/mol. The zero-order chi connectivity index (χ0) is 20.7. The summed E-state index contributed by atoms with van der Waals surface area (Å²) in [4.78, 5) is 25.7. The van der Waals surface area contributed by atoms with Gasteiger partial charge < -0.3 is 10.1 Å². The van der Waals surface area contributed by atoms with Crippen molar-refractivity contribution < 1.29 is 14.3 Å². The van der Waals surface area contributed by atoms with Crippen molar-refractivity contribution in [2.24, 2.45) is 0 Å². The third kappa shape index (κ3) is 4.16. The number of hydrogen-bond acceptors (Lipinski definition) is 5. The van der Waals surface area contributed by atoms with Crippen molar-refractivity contribution >= 4 is 25.3 Å². The molecule has 2 heterocycles. The van der Waals surface area contributed by atoms with E-state index in [0.717, 1.165) is 5.56 Å². The molecule has 0 bridgehead atoms. The van der Waals surface area contributed by atoms with Crippen LogP contribution in [-0.4, -0.2) is 46.6 Å². The predicted octanol–water partition coefficient (Wildman–Crippen LogP) is 2.06. The number of benzene rings is 1. The van der Waals surface area contributed by atoms with E-state index in [0.29, 0.717) is 17.4 Å². The van der Waals surface area contributed by atoms with E-state index in [1.54, 1.807) is 4.68 Å². The number of fused-ring (bicyclic) bond motifs is 1. The molecule has 8 heteroatoms. The Morgan fingerprint density at radius 1 is 1.21 bits per heavy atom. The van der Waals surface area contributed by atoms with Crippen LogP contribution in [0.2, 0.25) is 19.6 Å². The van der Waals surface area contributed by atoms with Gasteiger partial charge >= 0.3 is 5.97 Å². The first kappa shape index (κ1) is 20.3. The zero-order valence-electron chi connectivity index (χ0n) is 17.3. The fraction of sp³-hybridized carbons (Fsp3) is 0.500. The van der Waals surface area contributed by atoms with Crippen LogP contribution in [0, 0.1) is 0 Å². The van der Waals surface area contributed by atoms with Gasteiger partial charge in [0.1, 0.15) is 14.1 Å². The maximum Gasteiger partial charge on any atom is 0.359 e. The van der Waals surface area contributed by atoms with E-state index in [2.05, 4.69) is 35.3 Å². The molecule has 1 aliphatic heterocycles. The molecule has 1 aromatic carbocycles. The lowest BCUT2D eigenvalue weighted by Gasteiger charge is -2.33. The topological polar surface area (TPSA) is 86.1 Å². The molecule has 0 fully saturated rings. The minimum Gasteiger partial charge on any atom is -0.445 e. The van der Waals surface area contributed by atoms with Crippen LogP contribution < -0.4 is 10.6 Å². The van der Waals surface area contributed by atoms with Crippen LogP contribution >= 0.6 is 0 Å². The van der Waals surface area contributed by atoms with Crippen LogP contribution in [0.5, 0.6) is 0 Å². The largest absolute Gasteiger partial charge is 0.445 e. The predicted molar refractivity (Wildman–Crippen MR) is 109 cm³/mol. The van der Waals surface area contributed by atoms with Gasteiger partial charge in [0.2, 0.25) is 6.10 Å². The molecular formula is C20H28N4O3Si. The highest BCUT2D eigenvalue weighted by atomic mass is 28.3. The van der Waals surface area contributed by atoms with Gasteiger partial charge in [-0.05, 0) is 32.8 Å². The fourth-order valence-electron chi connectivity index (χ4n) is 3.32. The van der Waals surface area contributed by atoms with Crippen LogP contribution in [0.1, 0.15) is 42.9 Å². The summed E-state index contributed by atoms with van der Waals surface area (Å²) in [6.07, 6.45) is -0.451. The molecule has 2 aromatic rings. The number of nitrogens with one attached hydrogen (secondary N) is 1. The van der Waals surface area contributed by atoms with Gasteiger partial charge in [-0.2, -0.15) is 0 Å². The summed E-state index contributed by atoms with van der Waals surface area (Å²) in [7, 11) is -1.91. The molecule has 0 saturated carbocycles. The number of carbonyl (C=O) groups is 2. The average molecular weight is 401 g/mol. The summed E-state index contributed by atoms with van der Waals surface area (Å²) < 4.78 is 7.28. The van der Waals surface area contributed by atoms with Gasteiger partial charge in [-0.25, -0.2) is 9.48 Å². The molecule has 0 saturated heterocycles. The molecule has 1 unspecified atom stereocenters. The second kappa shape index (κ2) is 7.16. The van der Waals surface area contributed by atoms with Gasteiger partial charge in [-0.15, -0.1) is 5.10 Å². The minimum absolute atomic E-state index is 0.322. The summed E-state index contributed by atoms with van der Waals surface area (Å²) in [5.74, 6) is -0.849. The summed E-state index contributed by atoms with van der Waals surface area (Å²) in [5.41, 5.74) is 0.988. The van der Waals surface area contributed by atoms with Crippen molar-refractivity contribution in [1.82, 2.24) is 20.3 Å². The highest BCUT2D eigenvalue weighted by molar-refractivity contribution is 6.88. The lowest BCUT2D eigenvalue weighted by molar-refractivity contribution is -0.135. The Morgan fingerprint density at radius 3 is 2.43 bits per heavy atom. The van der Waals surface area contributed by atoms with E-state index >= 15 is 0 Å². The maximum absolute atomic E-state index is 12.9. The quantitative estimate of drug-likeness (QED) is 0.627. The number of hydrogen-bond donors (Lipinski definition) is 1. The van der Waals surface area contributed by atoms with Crippen LogP contribution in [-0.2, 0) is 16.0 Å². The maximum atomic E-state index is 12.9. The van der Waals surface area contributed by atoms with E-state index in [1.807, 2.05) is 51.1 Å². The molecule has 28 heavy (non-hydrogen) atoms. The van der Waals surface area contributed by atoms with Crippen LogP contribution in [0.15, 0.2) is 30.3 Å². The number of cyclic esters (lactones) is 1. The first-order chi connectivity index (χ1) is 13.0. The number of ether oxygens (including phenoxy) is 1. The lowest BCUT2D eigenvalue weighted by atomic mass is 9.98. The molecule has 3 rings (SSSR count). The Hall–Kier alpha value is -2.48. The SMILES string of the molecule is CC(C)(C)NC(=O)C1OC(=O)c2c([Si](C)(C)C)nnn2[C@H]1Cc1ccccc1. The summed E-state index contributed by atoms with van der Waals surface area (Å²) in [6.45, 7) is 12.0. The Balaban J connectivity index is 2.05. The molecule has 1 N–H and O–H groups in total. The average Bonchev–Trinajstić information content (AvgIpc) is 3.02. The second-order valence-electron chi connectivity index (χ2n) is 9.30. The molecule has 1 aliphatic rings. The van der Waals surface area contributed by atoms with Crippen molar-refractivity contribution in [2.75, 3.05) is 0 Å². The Morgan fingerprint density at radius 2 is 1.86 bits per heavy atom. The molecule has 150 valence electrons. The third-order valence-electron chi connectivity index (χ3n) is 4.54. The van der Waals surface area contributed by atoms with Gasteiger partial charge in [-0.1, -0.05) is 55.2 Å². The van der Waals surface area contributed by atoms with E-state index < -0.39 is 31.7 Å². The standard InChI is InChI=1S/C20H28N4O3Si/c1-20(2,3)21-17(25)16-14(12-13-10-8-7-9-11-13)24-15(19(26)27-16)18(22-23-24)28(4,5)6/h7-11,14,16H,12H2,1-6H3,(H,21,25)/t14-,16?/m0/s1. The van der Waals surface area contributed by atoms with E-state index in [4.69, 9.17) is 4.74 Å². The van der Waals surface area contributed by atoms with Crippen LogP contribution in [0.25, 0.3) is 0 Å². The number of aromatic nitrogens is 3. The van der Waals surface area contributed by atoms with Crippen molar-refractivity contribution in [3.8, 4) is 0 Å². The number of amides is 1. The van der Waals surface area contributed by atoms with Crippen molar-refractivity contribution in [1.29, 1.82) is 0 Å².